The third kappa shape index (κ3) is 3.71. The van der Waals surface area contributed by atoms with Crippen LogP contribution in [0.15, 0.2) is 26.0 Å². The number of nitrogens with zero attached hydrogens (tertiary/aromatic N) is 1. The summed E-state index contributed by atoms with van der Waals surface area (Å²) in [6.07, 6.45) is 1.59. The minimum absolute atomic E-state index is 0.323. The van der Waals surface area contributed by atoms with Crippen molar-refractivity contribution in [2.45, 2.75) is 0 Å². The van der Waals surface area contributed by atoms with Gasteiger partial charge >= 0.3 is 5.97 Å². The Hall–Kier alpha value is -1.32. The van der Waals surface area contributed by atoms with Crippen LogP contribution in [0.4, 0.5) is 4.79 Å². The van der Waals surface area contributed by atoms with Crippen molar-refractivity contribution < 1.29 is 24.2 Å². The van der Waals surface area contributed by atoms with E-state index in [1.165, 1.54) is 7.05 Å². The minimum atomic E-state index is -1.08. The molecule has 0 saturated carbocycles. The molecule has 1 heterocycles. The Kier molecular flexibility index (Phi) is 5.30. The summed E-state index contributed by atoms with van der Waals surface area (Å²) in [4.78, 5) is 35.2. The van der Waals surface area contributed by atoms with Gasteiger partial charge in [-0.2, -0.15) is 0 Å². The molecule has 1 aromatic carbocycles. The second-order valence-corrected chi connectivity index (χ2v) is 6.94. The van der Waals surface area contributed by atoms with Gasteiger partial charge in [0.2, 0.25) is 0 Å². The van der Waals surface area contributed by atoms with Crippen LogP contribution in [-0.4, -0.2) is 40.8 Å². The minimum Gasteiger partial charge on any atom is -0.480 e. The van der Waals surface area contributed by atoms with Gasteiger partial charge in [-0.3, -0.25) is 14.5 Å². The van der Waals surface area contributed by atoms with E-state index in [0.717, 1.165) is 16.7 Å². The number of halogens is 2. The first-order valence-electron chi connectivity index (χ1n) is 5.85. The van der Waals surface area contributed by atoms with Gasteiger partial charge in [0.1, 0.15) is 5.75 Å². The number of carbonyl (C=O) groups is 3. The highest BCUT2D eigenvalue weighted by molar-refractivity contribution is 9.11. The third-order valence-electron chi connectivity index (χ3n) is 2.64. The molecule has 1 N–H and O–H groups in total. The fourth-order valence-electron chi connectivity index (χ4n) is 1.63. The van der Waals surface area contributed by atoms with Gasteiger partial charge in [-0.15, -0.1) is 0 Å². The fraction of sp³-hybridized carbons (Fsp3) is 0.154. The van der Waals surface area contributed by atoms with Crippen LogP contribution < -0.4 is 4.74 Å². The van der Waals surface area contributed by atoms with Crippen LogP contribution in [-0.2, 0) is 9.59 Å². The van der Waals surface area contributed by atoms with Crippen molar-refractivity contribution >= 4 is 66.8 Å². The molecule has 0 unspecified atom stereocenters. The Bertz CT molecular complexity index is 681. The number of aliphatic carboxylic acids is 1. The summed E-state index contributed by atoms with van der Waals surface area (Å²) >= 11 is 7.45. The van der Waals surface area contributed by atoms with E-state index in [9.17, 15) is 14.4 Å². The number of benzene rings is 1. The number of carbonyl (C=O) groups excluding carboxylic acids is 2. The van der Waals surface area contributed by atoms with Crippen LogP contribution in [0.1, 0.15) is 5.56 Å². The summed E-state index contributed by atoms with van der Waals surface area (Å²) in [6, 6.07) is 3.34. The molecule has 22 heavy (non-hydrogen) atoms. The average molecular weight is 451 g/mol. The highest BCUT2D eigenvalue weighted by atomic mass is 79.9. The summed E-state index contributed by atoms with van der Waals surface area (Å²) in [5, 5.41) is 8.31. The fourth-order valence-corrected chi connectivity index (χ4v) is 3.91. The topological polar surface area (TPSA) is 83.9 Å². The van der Waals surface area contributed by atoms with Gasteiger partial charge in [0.15, 0.2) is 6.61 Å². The molecule has 0 radical (unpaired) electrons. The first kappa shape index (κ1) is 17.0. The maximum Gasteiger partial charge on any atom is 0.341 e. The molecule has 2 rings (SSSR count). The lowest BCUT2D eigenvalue weighted by molar-refractivity contribution is -0.139. The summed E-state index contributed by atoms with van der Waals surface area (Å²) in [6.45, 7) is -0.467. The molecule has 116 valence electrons. The summed E-state index contributed by atoms with van der Waals surface area (Å²) in [7, 11) is 1.42. The number of thioether (sulfide) groups is 1. The Morgan fingerprint density at radius 2 is 1.95 bits per heavy atom. The van der Waals surface area contributed by atoms with Gasteiger partial charge in [0.25, 0.3) is 11.1 Å². The molecular weight excluding hydrogens is 442 g/mol. The van der Waals surface area contributed by atoms with Crippen LogP contribution in [0.5, 0.6) is 5.75 Å². The molecule has 1 aromatic rings. The molecular formula is C13H9Br2NO5S. The SMILES string of the molecule is CN1C(=O)S/C(=C\c2cc(Br)c(OCC(=O)O)c(Br)c2)C1=O. The van der Waals surface area contributed by atoms with E-state index in [0.29, 0.717) is 25.2 Å². The molecule has 1 aliphatic heterocycles. The van der Waals surface area contributed by atoms with E-state index in [1.807, 2.05) is 0 Å². The van der Waals surface area contributed by atoms with Gasteiger partial charge < -0.3 is 9.84 Å². The number of carboxylic acids is 1. The van der Waals surface area contributed by atoms with Crippen LogP contribution in [0.3, 0.4) is 0 Å². The number of imide groups is 1. The highest BCUT2D eigenvalue weighted by Gasteiger charge is 2.31. The predicted molar refractivity (Wildman–Crippen MR) is 88.7 cm³/mol. The molecule has 2 amide bonds. The lowest BCUT2D eigenvalue weighted by Gasteiger charge is -2.09. The Morgan fingerprint density at radius 1 is 1.36 bits per heavy atom. The third-order valence-corrected chi connectivity index (χ3v) is 4.78. The molecule has 0 bridgehead atoms. The molecule has 1 fully saturated rings. The zero-order valence-corrected chi connectivity index (χ0v) is 15.1. The van der Waals surface area contributed by atoms with Crippen molar-refractivity contribution in [2.75, 3.05) is 13.7 Å². The molecule has 1 saturated heterocycles. The lowest BCUT2D eigenvalue weighted by Crippen LogP contribution is -2.22. The van der Waals surface area contributed by atoms with Crippen LogP contribution >= 0.6 is 43.6 Å². The Balaban J connectivity index is 2.29. The highest BCUT2D eigenvalue weighted by Crippen LogP contribution is 2.37. The molecule has 0 aliphatic carbocycles. The van der Waals surface area contributed by atoms with Crippen molar-refractivity contribution in [1.29, 1.82) is 0 Å². The van der Waals surface area contributed by atoms with Crippen molar-refractivity contribution in [2.24, 2.45) is 0 Å². The summed E-state index contributed by atoms with van der Waals surface area (Å²) in [5.74, 6) is -1.09. The first-order chi connectivity index (χ1) is 10.3. The van der Waals surface area contributed by atoms with Crippen molar-refractivity contribution in [3.63, 3.8) is 0 Å². The maximum atomic E-state index is 11.8. The van der Waals surface area contributed by atoms with E-state index < -0.39 is 12.6 Å². The smallest absolute Gasteiger partial charge is 0.341 e. The zero-order valence-electron chi connectivity index (χ0n) is 11.1. The molecule has 6 nitrogen and oxygen atoms in total. The molecule has 0 atom stereocenters. The monoisotopic (exact) mass is 449 g/mol. The van der Waals surface area contributed by atoms with E-state index in [1.54, 1.807) is 18.2 Å². The molecule has 0 spiro atoms. The van der Waals surface area contributed by atoms with Gasteiger partial charge in [0, 0.05) is 7.05 Å². The second-order valence-electron chi connectivity index (χ2n) is 4.24. The quantitative estimate of drug-likeness (QED) is 0.708. The number of rotatable bonds is 4. The molecule has 0 aromatic heterocycles. The molecule has 9 heteroatoms. The van der Waals surface area contributed by atoms with Crippen molar-refractivity contribution in [3.05, 3.63) is 31.5 Å². The Labute approximate surface area is 146 Å². The zero-order chi connectivity index (χ0) is 16.4. The van der Waals surface area contributed by atoms with Crippen molar-refractivity contribution in [1.82, 2.24) is 4.90 Å². The van der Waals surface area contributed by atoms with Crippen molar-refractivity contribution in [3.8, 4) is 5.75 Å². The standard InChI is InChI=1S/C13H9Br2NO5S/c1-16-12(19)9(22-13(16)20)4-6-2-7(14)11(8(15)3-6)21-5-10(17)18/h2-4H,5H2,1H3,(H,17,18)/b9-4-. The lowest BCUT2D eigenvalue weighted by atomic mass is 10.2. The van der Waals surface area contributed by atoms with Gasteiger partial charge in [-0.1, -0.05) is 0 Å². The molecule has 1 aliphatic rings. The number of ether oxygens (including phenoxy) is 1. The normalized spacial score (nSPS) is 16.5. The predicted octanol–water partition coefficient (Wildman–Crippen LogP) is 3.34. The first-order valence-corrected chi connectivity index (χ1v) is 8.25. The number of hydrogen-bond donors (Lipinski definition) is 1. The maximum absolute atomic E-state index is 11.8. The van der Waals surface area contributed by atoms with Crippen LogP contribution in [0, 0.1) is 0 Å². The summed E-state index contributed by atoms with van der Waals surface area (Å²) in [5.41, 5.74) is 0.667. The summed E-state index contributed by atoms with van der Waals surface area (Å²) < 4.78 is 6.23. The Morgan fingerprint density at radius 3 is 2.41 bits per heavy atom. The van der Waals surface area contributed by atoms with Crippen LogP contribution in [0.2, 0.25) is 0 Å². The van der Waals surface area contributed by atoms with Gasteiger partial charge in [-0.25, -0.2) is 4.79 Å². The van der Waals surface area contributed by atoms with Gasteiger partial charge in [-0.05, 0) is 67.4 Å². The number of likely N-dealkylation sites (N-methyl/N-ethyl adjacent to an activating group) is 1. The largest absolute Gasteiger partial charge is 0.480 e. The number of hydrogen-bond acceptors (Lipinski definition) is 5. The van der Waals surface area contributed by atoms with E-state index in [4.69, 9.17) is 9.84 Å². The van der Waals surface area contributed by atoms with Gasteiger partial charge in [0.05, 0.1) is 13.9 Å². The van der Waals surface area contributed by atoms with E-state index in [-0.39, 0.29) is 11.1 Å². The van der Waals surface area contributed by atoms with E-state index in [2.05, 4.69) is 31.9 Å². The number of amides is 2. The van der Waals surface area contributed by atoms with Crippen LogP contribution in [0.25, 0.3) is 6.08 Å². The number of carboxylic acid groups (broad SMARTS) is 1. The average Bonchev–Trinajstić information content (AvgIpc) is 2.65. The van der Waals surface area contributed by atoms with E-state index >= 15 is 0 Å². The second kappa shape index (κ2) is 6.84.